The fourth-order valence-corrected chi connectivity index (χ4v) is 5.82. The summed E-state index contributed by atoms with van der Waals surface area (Å²) in [4.78, 5) is 13.1. The largest absolute Gasteiger partial charge is 0.452 e. The van der Waals surface area contributed by atoms with Gasteiger partial charge < -0.3 is 4.74 Å². The van der Waals surface area contributed by atoms with Crippen LogP contribution in [0.5, 0.6) is 0 Å². The molecule has 8 nitrogen and oxygen atoms in total. The third kappa shape index (κ3) is 5.96. The minimum absolute atomic E-state index is 0.0332. The van der Waals surface area contributed by atoms with Crippen molar-refractivity contribution in [1.29, 1.82) is 0 Å². The molecule has 3 aromatic rings. The monoisotopic (exact) mass is 550 g/mol. The van der Waals surface area contributed by atoms with Crippen LogP contribution < -0.4 is 0 Å². The van der Waals surface area contributed by atoms with E-state index < -0.39 is 38.2 Å². The number of rotatable bonds is 9. The van der Waals surface area contributed by atoms with Gasteiger partial charge in [-0.25, -0.2) is 25.9 Å². The first-order chi connectivity index (χ1) is 16.9. The molecule has 0 amide bonds. The van der Waals surface area contributed by atoms with Gasteiger partial charge in [0.2, 0.25) is 20.0 Å². The zero-order valence-electron chi connectivity index (χ0n) is 20.2. The summed E-state index contributed by atoms with van der Waals surface area (Å²) in [5.41, 5.74) is 0.729. The lowest BCUT2D eigenvalue weighted by molar-refractivity contribution is 0.0146. The van der Waals surface area contributed by atoms with Crippen molar-refractivity contribution in [3.63, 3.8) is 0 Å². The summed E-state index contributed by atoms with van der Waals surface area (Å²) < 4.78 is 59.1. The summed E-state index contributed by atoms with van der Waals surface area (Å²) in [6.45, 7) is 1.64. The van der Waals surface area contributed by atoms with Gasteiger partial charge in [-0.05, 0) is 61.0 Å². The molecule has 11 heteroatoms. The van der Waals surface area contributed by atoms with E-state index in [0.717, 1.165) is 8.61 Å². The number of hydrogen-bond donors (Lipinski definition) is 0. The summed E-state index contributed by atoms with van der Waals surface area (Å²) in [6, 6.07) is 19.2. The molecule has 0 saturated carbocycles. The zero-order chi connectivity index (χ0) is 26.7. The standard InChI is InChI=1S/C25H27ClN2O6S2/c1-18(28(4)36(32,33)23-16-12-21(26)13-17-23)24(19-8-6-5-7-9-19)34-25(29)20-10-14-22(15-11-20)35(30,31)27(2)3/h5-18,24H,1-4H3/t18-,24-/m1/s1. The first-order valence-corrected chi connectivity index (χ1v) is 14.1. The molecule has 0 bridgehead atoms. The highest BCUT2D eigenvalue weighted by Crippen LogP contribution is 2.29. The van der Waals surface area contributed by atoms with E-state index >= 15 is 0 Å². The van der Waals surface area contributed by atoms with Gasteiger partial charge in [0.25, 0.3) is 0 Å². The fraction of sp³-hybridized carbons (Fsp3) is 0.240. The third-order valence-electron chi connectivity index (χ3n) is 5.73. The Labute approximate surface area is 217 Å². The van der Waals surface area contributed by atoms with Gasteiger partial charge in [-0.2, -0.15) is 4.31 Å². The number of ether oxygens (including phenoxy) is 1. The van der Waals surface area contributed by atoms with Crippen molar-refractivity contribution in [2.45, 2.75) is 28.9 Å². The molecule has 0 saturated heterocycles. The van der Waals surface area contributed by atoms with Crippen LogP contribution in [-0.4, -0.2) is 58.6 Å². The minimum atomic E-state index is -3.93. The highest BCUT2D eigenvalue weighted by Gasteiger charge is 2.34. The van der Waals surface area contributed by atoms with E-state index in [-0.39, 0.29) is 15.4 Å². The highest BCUT2D eigenvalue weighted by atomic mass is 35.5. The Morgan fingerprint density at radius 3 is 1.81 bits per heavy atom. The van der Waals surface area contributed by atoms with E-state index in [1.165, 1.54) is 69.7 Å². The Balaban J connectivity index is 1.91. The van der Waals surface area contributed by atoms with Crippen LogP contribution in [0.2, 0.25) is 5.02 Å². The number of esters is 1. The predicted octanol–water partition coefficient (Wildman–Crippen LogP) is 4.20. The molecule has 36 heavy (non-hydrogen) atoms. The average molecular weight is 551 g/mol. The number of carbonyl (C=O) groups excluding carboxylic acids is 1. The second-order valence-electron chi connectivity index (χ2n) is 8.26. The molecule has 0 N–H and O–H groups in total. The molecule has 0 aliphatic carbocycles. The summed E-state index contributed by atoms with van der Waals surface area (Å²) >= 11 is 5.90. The van der Waals surface area contributed by atoms with Crippen LogP contribution in [0, 0.1) is 0 Å². The highest BCUT2D eigenvalue weighted by molar-refractivity contribution is 7.89. The topological polar surface area (TPSA) is 101 Å². The van der Waals surface area contributed by atoms with Crippen LogP contribution in [0.1, 0.15) is 28.9 Å². The van der Waals surface area contributed by atoms with E-state index in [4.69, 9.17) is 16.3 Å². The van der Waals surface area contributed by atoms with Gasteiger partial charge in [0.15, 0.2) is 0 Å². The summed E-state index contributed by atoms with van der Waals surface area (Å²) in [5, 5.41) is 0.408. The molecular formula is C25H27ClN2O6S2. The van der Waals surface area contributed by atoms with Crippen LogP contribution in [0.15, 0.2) is 88.7 Å². The fourth-order valence-electron chi connectivity index (χ4n) is 3.43. The Hall–Kier alpha value is -2.76. The van der Waals surface area contributed by atoms with Crippen LogP contribution in [0.4, 0.5) is 0 Å². The van der Waals surface area contributed by atoms with Crippen molar-refractivity contribution in [3.05, 3.63) is 95.0 Å². The van der Waals surface area contributed by atoms with Gasteiger partial charge in [-0.1, -0.05) is 41.9 Å². The van der Waals surface area contributed by atoms with E-state index in [1.54, 1.807) is 37.3 Å². The number of nitrogens with zero attached hydrogens (tertiary/aromatic N) is 2. The molecule has 0 aromatic heterocycles. The van der Waals surface area contributed by atoms with Crippen molar-refractivity contribution >= 4 is 37.6 Å². The number of carbonyl (C=O) groups is 1. The van der Waals surface area contributed by atoms with Crippen molar-refractivity contribution in [2.24, 2.45) is 0 Å². The van der Waals surface area contributed by atoms with Gasteiger partial charge in [0.1, 0.15) is 6.10 Å². The molecule has 192 valence electrons. The maximum Gasteiger partial charge on any atom is 0.338 e. The number of sulfonamides is 2. The lowest BCUT2D eigenvalue weighted by atomic mass is 10.0. The predicted molar refractivity (Wildman–Crippen MR) is 138 cm³/mol. The number of hydrogen-bond acceptors (Lipinski definition) is 6. The van der Waals surface area contributed by atoms with Gasteiger partial charge in [-0.15, -0.1) is 0 Å². The first-order valence-electron chi connectivity index (χ1n) is 10.9. The Bertz CT molecular complexity index is 1410. The van der Waals surface area contributed by atoms with Gasteiger partial charge in [0.05, 0.1) is 21.4 Å². The van der Waals surface area contributed by atoms with E-state index in [2.05, 4.69) is 0 Å². The SMILES string of the molecule is C[C@H]([C@@H](OC(=O)c1ccc(S(=O)(=O)N(C)C)cc1)c1ccccc1)N(C)S(=O)(=O)c1ccc(Cl)cc1. The quantitative estimate of drug-likeness (QED) is 0.370. The number of benzene rings is 3. The van der Waals surface area contributed by atoms with E-state index in [0.29, 0.717) is 10.6 Å². The van der Waals surface area contributed by atoms with E-state index in [1.807, 2.05) is 0 Å². The Morgan fingerprint density at radius 2 is 1.28 bits per heavy atom. The molecule has 0 spiro atoms. The van der Waals surface area contributed by atoms with Crippen molar-refractivity contribution in [3.8, 4) is 0 Å². The zero-order valence-corrected chi connectivity index (χ0v) is 22.6. The third-order valence-corrected chi connectivity index (χ3v) is 9.77. The summed E-state index contributed by atoms with van der Waals surface area (Å²) in [7, 11) is -3.34. The molecule has 0 fully saturated rings. The second-order valence-corrected chi connectivity index (χ2v) is 12.8. The minimum Gasteiger partial charge on any atom is -0.452 e. The van der Waals surface area contributed by atoms with Crippen LogP contribution >= 0.6 is 11.6 Å². The molecule has 0 aliphatic rings. The normalized spacial score (nSPS) is 14.0. The average Bonchev–Trinajstić information content (AvgIpc) is 2.87. The smallest absolute Gasteiger partial charge is 0.338 e. The van der Waals surface area contributed by atoms with E-state index in [9.17, 15) is 21.6 Å². The lowest BCUT2D eigenvalue weighted by Gasteiger charge is -2.31. The molecule has 0 unspecified atom stereocenters. The van der Waals surface area contributed by atoms with Crippen LogP contribution in [0.3, 0.4) is 0 Å². The maximum absolute atomic E-state index is 13.2. The molecule has 3 rings (SSSR count). The Morgan fingerprint density at radius 1 is 0.778 bits per heavy atom. The number of halogens is 1. The molecule has 0 heterocycles. The maximum atomic E-state index is 13.2. The molecule has 3 aromatic carbocycles. The van der Waals surface area contributed by atoms with Crippen molar-refractivity contribution in [1.82, 2.24) is 8.61 Å². The Kier molecular flexibility index (Phi) is 8.58. The first kappa shape index (κ1) is 27.8. The van der Waals surface area contributed by atoms with Crippen LogP contribution in [0.25, 0.3) is 0 Å². The van der Waals surface area contributed by atoms with Crippen molar-refractivity contribution < 1.29 is 26.4 Å². The number of likely N-dealkylation sites (N-methyl/N-ethyl adjacent to an activating group) is 1. The summed E-state index contributed by atoms with van der Waals surface area (Å²) in [6.07, 6.45) is -0.948. The molecule has 2 atom stereocenters. The molecule has 0 radical (unpaired) electrons. The lowest BCUT2D eigenvalue weighted by Crippen LogP contribution is -2.40. The van der Waals surface area contributed by atoms with Crippen molar-refractivity contribution in [2.75, 3.05) is 21.1 Å². The van der Waals surface area contributed by atoms with Gasteiger partial charge >= 0.3 is 5.97 Å². The van der Waals surface area contributed by atoms with Gasteiger partial charge in [0, 0.05) is 26.2 Å². The van der Waals surface area contributed by atoms with Crippen LogP contribution in [-0.2, 0) is 24.8 Å². The summed E-state index contributed by atoms with van der Waals surface area (Å²) in [5.74, 6) is -0.721. The molecule has 0 aliphatic heterocycles. The second kappa shape index (κ2) is 11.1. The molecular weight excluding hydrogens is 524 g/mol. The van der Waals surface area contributed by atoms with Gasteiger partial charge in [-0.3, -0.25) is 0 Å².